The van der Waals surface area contributed by atoms with Gasteiger partial charge in [-0.25, -0.2) is 4.79 Å². The molecule has 1 N–H and O–H groups in total. The van der Waals surface area contributed by atoms with Crippen molar-refractivity contribution in [2.45, 2.75) is 39.5 Å². The van der Waals surface area contributed by atoms with E-state index in [0.717, 1.165) is 31.4 Å². The van der Waals surface area contributed by atoms with Gasteiger partial charge in [-0.05, 0) is 44.0 Å². The van der Waals surface area contributed by atoms with Crippen LogP contribution in [-0.2, 0) is 14.3 Å². The third-order valence-corrected chi connectivity index (χ3v) is 4.03. The lowest BCUT2D eigenvalue weighted by atomic mass is 9.88. The van der Waals surface area contributed by atoms with E-state index in [9.17, 15) is 9.59 Å². The molecule has 0 unspecified atom stereocenters. The van der Waals surface area contributed by atoms with Crippen LogP contribution < -0.4 is 10.1 Å². The van der Waals surface area contributed by atoms with E-state index in [4.69, 9.17) is 9.47 Å². The minimum Gasteiger partial charge on any atom is -0.482 e. The van der Waals surface area contributed by atoms with E-state index in [0.29, 0.717) is 12.4 Å². The van der Waals surface area contributed by atoms with Gasteiger partial charge >= 0.3 is 5.97 Å². The quantitative estimate of drug-likeness (QED) is 0.820. The van der Waals surface area contributed by atoms with Crippen LogP contribution in [0.15, 0.2) is 24.3 Å². The van der Waals surface area contributed by atoms with Gasteiger partial charge in [-0.15, -0.1) is 0 Å². The van der Waals surface area contributed by atoms with Crippen LogP contribution in [0.2, 0.25) is 0 Å². The molecule has 1 aromatic carbocycles. The molecule has 0 atom stereocenters. The van der Waals surface area contributed by atoms with Gasteiger partial charge in [-0.1, -0.05) is 19.8 Å². The Kier molecular flexibility index (Phi) is 5.41. The molecule has 0 radical (unpaired) electrons. The highest BCUT2D eigenvalue weighted by Crippen LogP contribution is 2.38. The van der Waals surface area contributed by atoms with Gasteiger partial charge in [-0.3, -0.25) is 4.79 Å². The molecule has 0 spiro atoms. The van der Waals surface area contributed by atoms with Crippen molar-refractivity contribution in [3.63, 3.8) is 0 Å². The van der Waals surface area contributed by atoms with Crippen molar-refractivity contribution in [3.05, 3.63) is 24.3 Å². The van der Waals surface area contributed by atoms with Crippen molar-refractivity contribution in [3.8, 4) is 5.75 Å². The summed E-state index contributed by atoms with van der Waals surface area (Å²) in [5.74, 6) is 0.248. The number of benzene rings is 1. The Morgan fingerprint density at radius 1 is 1.18 bits per heavy atom. The predicted octanol–water partition coefficient (Wildman–Crippen LogP) is 3.15. The summed E-state index contributed by atoms with van der Waals surface area (Å²) in [5, 5.41) is 2.95. The van der Waals surface area contributed by atoms with E-state index in [1.54, 1.807) is 31.2 Å². The van der Waals surface area contributed by atoms with Crippen molar-refractivity contribution in [2.24, 2.45) is 5.41 Å². The number of hydrogen-bond donors (Lipinski definition) is 1. The number of carbonyl (C=O) groups is 2. The van der Waals surface area contributed by atoms with Gasteiger partial charge in [0.2, 0.25) is 5.91 Å². The summed E-state index contributed by atoms with van der Waals surface area (Å²) in [6.07, 6.45) is 4.12. The van der Waals surface area contributed by atoms with Crippen LogP contribution in [-0.4, -0.2) is 25.1 Å². The van der Waals surface area contributed by atoms with Gasteiger partial charge in [0.1, 0.15) is 5.75 Å². The molecule has 1 saturated carbocycles. The minimum absolute atomic E-state index is 0.0743. The van der Waals surface area contributed by atoms with Crippen LogP contribution in [0.3, 0.4) is 0 Å². The second-order valence-electron chi connectivity index (χ2n) is 5.84. The van der Waals surface area contributed by atoms with Crippen LogP contribution in [0.5, 0.6) is 5.75 Å². The van der Waals surface area contributed by atoms with Gasteiger partial charge in [-0.2, -0.15) is 0 Å². The first-order valence-electron chi connectivity index (χ1n) is 7.73. The lowest BCUT2D eigenvalue weighted by Crippen LogP contribution is -2.30. The smallest absolute Gasteiger partial charge is 0.344 e. The Labute approximate surface area is 131 Å². The van der Waals surface area contributed by atoms with Crippen molar-refractivity contribution < 1.29 is 19.1 Å². The highest BCUT2D eigenvalue weighted by molar-refractivity contribution is 5.95. The SMILES string of the molecule is CCOC(=O)COc1ccc(NC(=O)C2(C)CCCC2)cc1. The van der Waals surface area contributed by atoms with E-state index < -0.39 is 5.97 Å². The van der Waals surface area contributed by atoms with E-state index in [1.165, 1.54) is 0 Å². The number of anilines is 1. The molecule has 22 heavy (non-hydrogen) atoms. The summed E-state index contributed by atoms with van der Waals surface area (Å²) in [5.41, 5.74) is 0.487. The van der Waals surface area contributed by atoms with Crippen LogP contribution in [0.4, 0.5) is 5.69 Å². The summed E-state index contributed by atoms with van der Waals surface area (Å²) in [6.45, 7) is 4.00. The zero-order valence-electron chi connectivity index (χ0n) is 13.2. The molecule has 2 rings (SSSR count). The van der Waals surface area contributed by atoms with Crippen LogP contribution in [0.1, 0.15) is 39.5 Å². The molecule has 1 aliphatic rings. The van der Waals surface area contributed by atoms with E-state index in [1.807, 2.05) is 6.92 Å². The Morgan fingerprint density at radius 3 is 2.41 bits per heavy atom. The number of nitrogens with one attached hydrogen (secondary N) is 1. The molecule has 1 amide bonds. The first-order valence-corrected chi connectivity index (χ1v) is 7.73. The van der Waals surface area contributed by atoms with Crippen LogP contribution in [0, 0.1) is 5.41 Å². The maximum Gasteiger partial charge on any atom is 0.344 e. The molecule has 5 heteroatoms. The zero-order chi connectivity index (χ0) is 16.0. The van der Waals surface area contributed by atoms with E-state index >= 15 is 0 Å². The number of esters is 1. The van der Waals surface area contributed by atoms with Crippen LogP contribution >= 0.6 is 0 Å². The summed E-state index contributed by atoms with van der Waals surface area (Å²) in [4.78, 5) is 23.5. The first-order chi connectivity index (χ1) is 10.5. The number of carbonyl (C=O) groups excluding carboxylic acids is 2. The van der Waals surface area contributed by atoms with Crippen molar-refractivity contribution in [2.75, 3.05) is 18.5 Å². The Hall–Kier alpha value is -2.04. The fourth-order valence-electron chi connectivity index (χ4n) is 2.64. The standard InChI is InChI=1S/C17H23NO4/c1-3-21-15(19)12-22-14-8-6-13(7-9-14)18-16(20)17(2)10-4-5-11-17/h6-9H,3-5,10-12H2,1-2H3,(H,18,20). The lowest BCUT2D eigenvalue weighted by molar-refractivity contribution is -0.145. The molecule has 0 bridgehead atoms. The average molecular weight is 305 g/mol. The number of ether oxygens (including phenoxy) is 2. The molecule has 1 aliphatic carbocycles. The van der Waals surface area contributed by atoms with Crippen molar-refractivity contribution >= 4 is 17.6 Å². The summed E-state index contributed by atoms with van der Waals surface area (Å²) in [6, 6.07) is 7.00. The zero-order valence-corrected chi connectivity index (χ0v) is 13.2. The minimum atomic E-state index is -0.394. The molecule has 5 nitrogen and oxygen atoms in total. The molecule has 0 saturated heterocycles. The molecule has 120 valence electrons. The summed E-state index contributed by atoms with van der Waals surface area (Å²) >= 11 is 0. The van der Waals surface area contributed by atoms with Gasteiger partial charge in [0.25, 0.3) is 0 Å². The molecule has 0 aliphatic heterocycles. The van der Waals surface area contributed by atoms with Gasteiger partial charge in [0, 0.05) is 11.1 Å². The summed E-state index contributed by atoms with van der Waals surface area (Å²) in [7, 11) is 0. The largest absolute Gasteiger partial charge is 0.482 e. The maximum absolute atomic E-state index is 12.3. The van der Waals surface area contributed by atoms with E-state index in [-0.39, 0.29) is 17.9 Å². The normalized spacial score (nSPS) is 16.1. The van der Waals surface area contributed by atoms with Gasteiger partial charge < -0.3 is 14.8 Å². The molecular weight excluding hydrogens is 282 g/mol. The Bertz CT molecular complexity index is 518. The molecule has 0 aromatic heterocycles. The Balaban J connectivity index is 1.86. The Morgan fingerprint density at radius 2 is 1.82 bits per heavy atom. The number of hydrogen-bond acceptors (Lipinski definition) is 4. The van der Waals surface area contributed by atoms with E-state index in [2.05, 4.69) is 5.32 Å². The highest BCUT2D eigenvalue weighted by Gasteiger charge is 2.36. The second kappa shape index (κ2) is 7.29. The van der Waals surface area contributed by atoms with Gasteiger partial charge in [0.15, 0.2) is 6.61 Å². The summed E-state index contributed by atoms with van der Waals surface area (Å²) < 4.78 is 10.1. The average Bonchev–Trinajstić information content (AvgIpc) is 2.95. The predicted molar refractivity (Wildman–Crippen MR) is 83.8 cm³/mol. The topological polar surface area (TPSA) is 64.6 Å². The molecule has 1 fully saturated rings. The molecule has 0 heterocycles. The first kappa shape index (κ1) is 16.3. The molecule has 1 aromatic rings. The monoisotopic (exact) mass is 305 g/mol. The van der Waals surface area contributed by atoms with Crippen molar-refractivity contribution in [1.29, 1.82) is 0 Å². The molecular formula is C17H23NO4. The number of amides is 1. The maximum atomic E-state index is 12.3. The second-order valence-corrected chi connectivity index (χ2v) is 5.84. The fraction of sp³-hybridized carbons (Fsp3) is 0.529. The lowest BCUT2D eigenvalue weighted by Gasteiger charge is -2.22. The number of rotatable bonds is 6. The highest BCUT2D eigenvalue weighted by atomic mass is 16.6. The van der Waals surface area contributed by atoms with Gasteiger partial charge in [0.05, 0.1) is 6.61 Å². The van der Waals surface area contributed by atoms with Crippen LogP contribution in [0.25, 0.3) is 0 Å². The third-order valence-electron chi connectivity index (χ3n) is 4.03. The third kappa shape index (κ3) is 4.23. The van der Waals surface area contributed by atoms with Crippen molar-refractivity contribution in [1.82, 2.24) is 0 Å². The fourth-order valence-corrected chi connectivity index (χ4v) is 2.64.